The number of ether oxygens (including phenoxy) is 1. The van der Waals surface area contributed by atoms with Crippen molar-refractivity contribution in [2.45, 2.75) is 38.3 Å². The molecule has 1 saturated carbocycles. The fourth-order valence-corrected chi connectivity index (χ4v) is 4.46. The van der Waals surface area contributed by atoms with Crippen LogP contribution < -0.4 is 0 Å². The number of fused-ring (bicyclic) bond motifs is 1. The third-order valence-corrected chi connectivity index (χ3v) is 5.74. The number of nitrogens with zero attached hydrogens (tertiary/aromatic N) is 1. The van der Waals surface area contributed by atoms with Crippen molar-refractivity contribution in [3.63, 3.8) is 0 Å². The zero-order chi connectivity index (χ0) is 17.0. The number of hydrogen-bond donors (Lipinski definition) is 0. The Hall–Kier alpha value is -1.81. The van der Waals surface area contributed by atoms with E-state index in [4.69, 9.17) is 16.3 Å². The van der Waals surface area contributed by atoms with Crippen LogP contribution in [0.3, 0.4) is 0 Å². The van der Waals surface area contributed by atoms with Crippen LogP contribution in [-0.2, 0) is 14.3 Å². The molecule has 0 spiro atoms. The minimum absolute atomic E-state index is 0.0791. The highest BCUT2D eigenvalue weighted by molar-refractivity contribution is 6.30. The first-order valence-corrected chi connectivity index (χ1v) is 8.83. The average Bonchev–Trinajstić information content (AvgIpc) is 2.81. The first kappa shape index (κ1) is 15.7. The first-order chi connectivity index (χ1) is 11.5. The summed E-state index contributed by atoms with van der Waals surface area (Å²) in [5, 5.41) is 0.593. The number of rotatable bonds is 1. The van der Waals surface area contributed by atoms with Crippen molar-refractivity contribution in [1.82, 2.24) is 4.90 Å². The molecule has 5 heteroatoms. The van der Waals surface area contributed by atoms with Gasteiger partial charge in [0.15, 0.2) is 11.5 Å². The van der Waals surface area contributed by atoms with Crippen molar-refractivity contribution >= 4 is 23.3 Å². The van der Waals surface area contributed by atoms with Gasteiger partial charge < -0.3 is 9.64 Å². The quantitative estimate of drug-likeness (QED) is 0.782. The Morgan fingerprint density at radius 3 is 2.79 bits per heavy atom. The van der Waals surface area contributed by atoms with Gasteiger partial charge in [-0.1, -0.05) is 30.7 Å². The van der Waals surface area contributed by atoms with Gasteiger partial charge >= 0.3 is 0 Å². The zero-order valence-corrected chi connectivity index (χ0v) is 14.5. The number of carbonyl (C=O) groups is 2. The fraction of sp³-hybridized carbons (Fsp3) is 0.474. The monoisotopic (exact) mass is 345 g/mol. The molecule has 2 heterocycles. The summed E-state index contributed by atoms with van der Waals surface area (Å²) in [6.45, 7) is 2.17. The number of amides is 1. The molecule has 4 unspecified atom stereocenters. The van der Waals surface area contributed by atoms with Crippen molar-refractivity contribution < 1.29 is 14.3 Å². The van der Waals surface area contributed by atoms with E-state index in [1.807, 2.05) is 18.2 Å². The highest BCUT2D eigenvalue weighted by Gasteiger charge is 2.51. The van der Waals surface area contributed by atoms with E-state index in [9.17, 15) is 9.59 Å². The topological polar surface area (TPSA) is 46.6 Å². The normalized spacial score (nSPS) is 32.5. The summed E-state index contributed by atoms with van der Waals surface area (Å²) in [7, 11) is 1.72. The molecule has 4 nitrogen and oxygen atoms in total. The van der Waals surface area contributed by atoms with E-state index in [1.54, 1.807) is 18.0 Å². The van der Waals surface area contributed by atoms with E-state index < -0.39 is 6.04 Å². The van der Waals surface area contributed by atoms with Gasteiger partial charge in [0, 0.05) is 12.1 Å². The van der Waals surface area contributed by atoms with Crippen LogP contribution in [-0.4, -0.2) is 29.7 Å². The van der Waals surface area contributed by atoms with Crippen LogP contribution in [0.25, 0.3) is 0 Å². The molecule has 4 rings (SSSR count). The molecule has 0 radical (unpaired) electrons. The minimum Gasteiger partial charge on any atom is -0.483 e. The second kappa shape index (κ2) is 5.62. The van der Waals surface area contributed by atoms with Gasteiger partial charge in [-0.3, -0.25) is 9.59 Å². The number of ketones is 1. The van der Waals surface area contributed by atoms with Gasteiger partial charge in [0.2, 0.25) is 0 Å². The predicted molar refractivity (Wildman–Crippen MR) is 90.4 cm³/mol. The SMILES string of the molecule is CC1CCC2OC3=C(C(=O)C2C1)C(c1cccc(Cl)c1)N(C)C3=O. The molecule has 4 atom stereocenters. The van der Waals surface area contributed by atoms with Gasteiger partial charge in [-0.2, -0.15) is 0 Å². The highest BCUT2D eigenvalue weighted by Crippen LogP contribution is 2.47. The summed E-state index contributed by atoms with van der Waals surface area (Å²) in [6, 6.07) is 6.94. The van der Waals surface area contributed by atoms with E-state index in [-0.39, 0.29) is 29.5 Å². The van der Waals surface area contributed by atoms with Crippen LogP contribution in [0.5, 0.6) is 0 Å². The molecule has 1 amide bonds. The first-order valence-electron chi connectivity index (χ1n) is 8.45. The van der Waals surface area contributed by atoms with Crippen LogP contribution in [0.15, 0.2) is 35.6 Å². The van der Waals surface area contributed by atoms with Crippen molar-refractivity contribution in [2.75, 3.05) is 7.05 Å². The zero-order valence-electron chi connectivity index (χ0n) is 13.8. The van der Waals surface area contributed by atoms with Crippen LogP contribution in [0.2, 0.25) is 5.02 Å². The summed E-state index contributed by atoms with van der Waals surface area (Å²) in [6.07, 6.45) is 2.56. The average molecular weight is 346 g/mol. The fourth-order valence-electron chi connectivity index (χ4n) is 4.26. The molecule has 0 saturated heterocycles. The lowest BCUT2D eigenvalue weighted by Crippen LogP contribution is -2.41. The third-order valence-electron chi connectivity index (χ3n) is 5.50. The number of benzene rings is 1. The Morgan fingerprint density at radius 1 is 1.25 bits per heavy atom. The second-order valence-corrected chi connectivity index (χ2v) is 7.60. The summed E-state index contributed by atoms with van der Waals surface area (Å²) >= 11 is 6.11. The molecule has 1 aliphatic carbocycles. The summed E-state index contributed by atoms with van der Waals surface area (Å²) in [4.78, 5) is 27.4. The van der Waals surface area contributed by atoms with Gasteiger partial charge in [0.05, 0.1) is 17.5 Å². The number of likely N-dealkylation sites (N-methyl/N-ethyl adjacent to an activating group) is 1. The van der Waals surface area contributed by atoms with Crippen LogP contribution in [0.1, 0.15) is 37.8 Å². The van der Waals surface area contributed by atoms with E-state index in [0.29, 0.717) is 16.5 Å². The van der Waals surface area contributed by atoms with Crippen molar-refractivity contribution in [3.8, 4) is 0 Å². The van der Waals surface area contributed by atoms with E-state index in [0.717, 1.165) is 24.8 Å². The van der Waals surface area contributed by atoms with Gasteiger partial charge in [0.1, 0.15) is 6.10 Å². The Kier molecular flexibility index (Phi) is 3.68. The maximum Gasteiger partial charge on any atom is 0.289 e. The van der Waals surface area contributed by atoms with Gasteiger partial charge in [-0.05, 0) is 42.9 Å². The summed E-state index contributed by atoms with van der Waals surface area (Å²) < 4.78 is 6.03. The second-order valence-electron chi connectivity index (χ2n) is 7.16. The van der Waals surface area contributed by atoms with E-state index in [1.165, 1.54) is 0 Å². The Labute approximate surface area is 146 Å². The smallest absolute Gasteiger partial charge is 0.289 e. The van der Waals surface area contributed by atoms with Gasteiger partial charge in [-0.15, -0.1) is 0 Å². The number of Topliss-reactive ketones (excluding diaryl/α,β-unsaturated/α-hetero) is 1. The maximum atomic E-state index is 13.2. The Morgan fingerprint density at radius 2 is 2.04 bits per heavy atom. The molecular formula is C19H20ClNO3. The molecule has 1 aromatic rings. The lowest BCUT2D eigenvalue weighted by atomic mass is 9.74. The summed E-state index contributed by atoms with van der Waals surface area (Å²) in [5.74, 6) is 0.507. The van der Waals surface area contributed by atoms with Gasteiger partial charge in [-0.25, -0.2) is 0 Å². The molecule has 3 aliphatic rings. The molecule has 24 heavy (non-hydrogen) atoms. The summed E-state index contributed by atoms with van der Waals surface area (Å²) in [5.41, 5.74) is 1.36. The number of carbonyl (C=O) groups excluding carboxylic acids is 2. The molecular weight excluding hydrogens is 326 g/mol. The minimum atomic E-state index is -0.406. The Bertz CT molecular complexity index is 757. The lowest BCUT2D eigenvalue weighted by molar-refractivity contribution is -0.135. The maximum absolute atomic E-state index is 13.2. The lowest BCUT2D eigenvalue weighted by Gasteiger charge is -2.37. The predicted octanol–water partition coefficient (Wildman–Crippen LogP) is 3.51. The largest absolute Gasteiger partial charge is 0.483 e. The van der Waals surface area contributed by atoms with Gasteiger partial charge in [0.25, 0.3) is 5.91 Å². The van der Waals surface area contributed by atoms with E-state index in [2.05, 4.69) is 6.92 Å². The molecule has 0 N–H and O–H groups in total. The Balaban J connectivity index is 1.78. The van der Waals surface area contributed by atoms with E-state index >= 15 is 0 Å². The van der Waals surface area contributed by atoms with Crippen molar-refractivity contribution in [3.05, 3.63) is 46.2 Å². The van der Waals surface area contributed by atoms with Crippen molar-refractivity contribution in [2.24, 2.45) is 11.8 Å². The molecule has 0 bridgehead atoms. The van der Waals surface area contributed by atoms with Crippen LogP contribution >= 0.6 is 11.6 Å². The van der Waals surface area contributed by atoms with Crippen molar-refractivity contribution in [1.29, 1.82) is 0 Å². The molecule has 1 fully saturated rings. The highest BCUT2D eigenvalue weighted by atomic mass is 35.5. The van der Waals surface area contributed by atoms with Crippen LogP contribution in [0, 0.1) is 11.8 Å². The molecule has 1 aromatic carbocycles. The third kappa shape index (κ3) is 2.27. The molecule has 0 aromatic heterocycles. The standard InChI is InChI=1S/C19H20ClNO3/c1-10-6-7-14-13(8-10)17(22)15-16(11-4-3-5-12(20)9-11)21(2)19(23)18(15)24-14/h3-5,9-10,13-14,16H,6-8H2,1-2H3. The molecule has 2 aliphatic heterocycles. The van der Waals surface area contributed by atoms with Crippen LogP contribution in [0.4, 0.5) is 0 Å². The molecule has 126 valence electrons. The number of halogens is 1. The number of hydrogen-bond acceptors (Lipinski definition) is 3.